The number of aromatic nitrogens is 2. The number of guanidine groups is 1. The van der Waals surface area contributed by atoms with Gasteiger partial charge in [-0.25, -0.2) is 0 Å². The molecule has 0 amide bonds. The van der Waals surface area contributed by atoms with Crippen LogP contribution in [0, 0.1) is 5.92 Å². The van der Waals surface area contributed by atoms with Crippen LogP contribution in [0.4, 0.5) is 13.2 Å². The first-order chi connectivity index (χ1) is 13.3. The second kappa shape index (κ2) is 9.82. The molecule has 1 fully saturated rings. The summed E-state index contributed by atoms with van der Waals surface area (Å²) in [6.45, 7) is 3.85. The fourth-order valence-electron chi connectivity index (χ4n) is 3.95. The molecule has 0 bridgehead atoms. The van der Waals surface area contributed by atoms with Crippen LogP contribution in [0.2, 0.25) is 0 Å². The van der Waals surface area contributed by atoms with E-state index in [4.69, 9.17) is 0 Å². The molecule has 2 unspecified atom stereocenters. The molecule has 1 N–H and O–H groups in total. The molecule has 2 atom stereocenters. The summed E-state index contributed by atoms with van der Waals surface area (Å²) >= 11 is 0. The molecule has 2 aromatic rings. The molecule has 0 aliphatic carbocycles. The number of alkyl halides is 3. The SMILES string of the molecule is CN=C(NCc1cn(C)nc1C(F)(F)F)N1CCC(c2ccccc2)C(C)C1.I. The number of benzene rings is 1. The summed E-state index contributed by atoms with van der Waals surface area (Å²) in [6, 6.07) is 10.4. The van der Waals surface area contributed by atoms with Crippen LogP contribution in [0.15, 0.2) is 41.5 Å². The van der Waals surface area contributed by atoms with Gasteiger partial charge in [-0.05, 0) is 23.8 Å². The summed E-state index contributed by atoms with van der Waals surface area (Å²) < 4.78 is 40.6. The maximum Gasteiger partial charge on any atom is 0.435 e. The lowest BCUT2D eigenvalue weighted by Crippen LogP contribution is -2.47. The fourth-order valence-corrected chi connectivity index (χ4v) is 3.95. The number of nitrogens with zero attached hydrogens (tertiary/aromatic N) is 4. The van der Waals surface area contributed by atoms with Gasteiger partial charge in [0.1, 0.15) is 0 Å². The van der Waals surface area contributed by atoms with Crippen molar-refractivity contribution >= 4 is 29.9 Å². The number of hydrogen-bond acceptors (Lipinski definition) is 2. The first-order valence-corrected chi connectivity index (χ1v) is 9.40. The number of aliphatic imine (C=N–C) groups is 1. The molecular weight excluding hydrogens is 494 g/mol. The van der Waals surface area contributed by atoms with E-state index in [0.717, 1.165) is 19.5 Å². The van der Waals surface area contributed by atoms with E-state index >= 15 is 0 Å². The molecule has 1 saturated heterocycles. The molecule has 0 radical (unpaired) electrons. The molecule has 0 spiro atoms. The lowest BCUT2D eigenvalue weighted by atomic mass is 9.82. The largest absolute Gasteiger partial charge is 0.435 e. The maximum atomic E-state index is 13.1. The molecule has 3 rings (SSSR count). The predicted octanol–water partition coefficient (Wildman–Crippen LogP) is 4.26. The Morgan fingerprint density at radius 2 is 1.97 bits per heavy atom. The number of piperidine rings is 1. The van der Waals surface area contributed by atoms with Crippen molar-refractivity contribution in [3.05, 3.63) is 53.3 Å². The molecular formula is C20H27F3IN5. The highest BCUT2D eigenvalue weighted by molar-refractivity contribution is 14.0. The zero-order valence-corrected chi connectivity index (χ0v) is 19.1. The first-order valence-electron chi connectivity index (χ1n) is 9.40. The van der Waals surface area contributed by atoms with Crippen molar-refractivity contribution in [1.29, 1.82) is 0 Å². The van der Waals surface area contributed by atoms with Gasteiger partial charge in [0, 0.05) is 45.5 Å². The van der Waals surface area contributed by atoms with Crippen molar-refractivity contribution in [2.45, 2.75) is 32.0 Å². The smallest absolute Gasteiger partial charge is 0.352 e. The molecule has 1 aromatic carbocycles. The molecule has 0 saturated carbocycles. The van der Waals surface area contributed by atoms with Gasteiger partial charge >= 0.3 is 6.18 Å². The van der Waals surface area contributed by atoms with Gasteiger partial charge in [-0.1, -0.05) is 37.3 Å². The molecule has 1 aliphatic rings. The highest BCUT2D eigenvalue weighted by Gasteiger charge is 2.37. The standard InChI is InChI=1S/C20H26F3N5.HI/c1-14-12-28(10-9-17(14)15-7-5-4-6-8-15)19(24-2)25-11-16-13-27(3)26-18(16)20(21,22)23;/h4-8,13-14,17H,9-12H2,1-3H3,(H,24,25);1H. The van der Waals surface area contributed by atoms with Crippen LogP contribution in [0.25, 0.3) is 0 Å². The zero-order valence-electron chi connectivity index (χ0n) is 16.8. The van der Waals surface area contributed by atoms with E-state index in [2.05, 4.69) is 51.5 Å². The fraction of sp³-hybridized carbons (Fsp3) is 0.500. The van der Waals surface area contributed by atoms with E-state index in [1.165, 1.54) is 23.5 Å². The number of halogens is 4. The third-order valence-electron chi connectivity index (χ3n) is 5.25. The summed E-state index contributed by atoms with van der Waals surface area (Å²) in [4.78, 5) is 6.40. The summed E-state index contributed by atoms with van der Waals surface area (Å²) in [5, 5.41) is 6.63. The van der Waals surface area contributed by atoms with Gasteiger partial charge in [0.15, 0.2) is 11.7 Å². The average molecular weight is 521 g/mol. The Morgan fingerprint density at radius 3 is 2.55 bits per heavy atom. The van der Waals surface area contributed by atoms with Crippen molar-refractivity contribution < 1.29 is 13.2 Å². The predicted molar refractivity (Wildman–Crippen MR) is 118 cm³/mol. The molecule has 5 nitrogen and oxygen atoms in total. The van der Waals surface area contributed by atoms with Crippen molar-refractivity contribution in [2.24, 2.45) is 18.0 Å². The first kappa shape index (κ1) is 23.5. The van der Waals surface area contributed by atoms with Crippen molar-refractivity contribution in [1.82, 2.24) is 20.0 Å². The van der Waals surface area contributed by atoms with E-state index in [0.29, 0.717) is 17.8 Å². The second-order valence-corrected chi connectivity index (χ2v) is 7.30. The number of likely N-dealkylation sites (tertiary alicyclic amines) is 1. The van der Waals surface area contributed by atoms with Gasteiger partial charge in [-0.2, -0.15) is 18.3 Å². The molecule has 1 aliphatic heterocycles. The Balaban J connectivity index is 0.00000300. The van der Waals surface area contributed by atoms with Crippen molar-refractivity contribution in [2.75, 3.05) is 20.1 Å². The third kappa shape index (κ3) is 5.64. The highest BCUT2D eigenvalue weighted by Crippen LogP contribution is 2.33. The molecule has 29 heavy (non-hydrogen) atoms. The van der Waals surface area contributed by atoms with E-state index in [1.54, 1.807) is 7.05 Å². The Hall–Kier alpha value is -1.78. The summed E-state index contributed by atoms with van der Waals surface area (Å²) in [5.41, 5.74) is 0.597. The normalized spacial score (nSPS) is 20.3. The van der Waals surface area contributed by atoms with Gasteiger partial charge in [0.05, 0.1) is 0 Å². The summed E-state index contributed by atoms with van der Waals surface area (Å²) in [7, 11) is 3.15. The minimum Gasteiger partial charge on any atom is -0.352 e. The summed E-state index contributed by atoms with van der Waals surface area (Å²) in [6.07, 6.45) is -2.09. The summed E-state index contributed by atoms with van der Waals surface area (Å²) in [5.74, 6) is 1.51. The molecule has 9 heteroatoms. The monoisotopic (exact) mass is 521 g/mol. The second-order valence-electron chi connectivity index (χ2n) is 7.30. The lowest BCUT2D eigenvalue weighted by Gasteiger charge is -2.39. The maximum absolute atomic E-state index is 13.1. The quantitative estimate of drug-likeness (QED) is 0.373. The minimum atomic E-state index is -4.47. The topological polar surface area (TPSA) is 45.5 Å². The molecule has 1 aromatic heterocycles. The zero-order chi connectivity index (χ0) is 20.3. The van der Waals surface area contributed by atoms with Crippen LogP contribution in [0.3, 0.4) is 0 Å². The van der Waals surface area contributed by atoms with Crippen LogP contribution in [0.5, 0.6) is 0 Å². The number of aryl methyl sites for hydroxylation is 1. The number of rotatable bonds is 3. The van der Waals surface area contributed by atoms with Gasteiger partial charge in [-0.3, -0.25) is 9.67 Å². The molecule has 2 heterocycles. The number of nitrogens with one attached hydrogen (secondary N) is 1. The van der Waals surface area contributed by atoms with Crippen LogP contribution in [-0.2, 0) is 19.8 Å². The lowest BCUT2D eigenvalue weighted by molar-refractivity contribution is -0.142. The minimum absolute atomic E-state index is 0. The molecule has 160 valence electrons. The Bertz CT molecular complexity index is 819. The van der Waals surface area contributed by atoms with Crippen molar-refractivity contribution in [3.63, 3.8) is 0 Å². The van der Waals surface area contributed by atoms with E-state index in [1.807, 2.05) is 6.07 Å². The highest BCUT2D eigenvalue weighted by atomic mass is 127. The van der Waals surface area contributed by atoms with Crippen LogP contribution < -0.4 is 5.32 Å². The van der Waals surface area contributed by atoms with E-state index in [9.17, 15) is 13.2 Å². The Morgan fingerprint density at radius 1 is 1.28 bits per heavy atom. The van der Waals surface area contributed by atoms with Gasteiger partial charge in [0.2, 0.25) is 0 Å². The van der Waals surface area contributed by atoms with Crippen LogP contribution >= 0.6 is 24.0 Å². The van der Waals surface area contributed by atoms with E-state index in [-0.39, 0.29) is 36.1 Å². The average Bonchev–Trinajstić information content (AvgIpc) is 3.04. The van der Waals surface area contributed by atoms with Crippen LogP contribution in [0.1, 0.15) is 36.1 Å². The van der Waals surface area contributed by atoms with Crippen molar-refractivity contribution in [3.8, 4) is 0 Å². The third-order valence-corrected chi connectivity index (χ3v) is 5.25. The van der Waals surface area contributed by atoms with Crippen LogP contribution in [-0.4, -0.2) is 40.8 Å². The Labute approximate surface area is 186 Å². The van der Waals surface area contributed by atoms with Gasteiger partial charge in [-0.15, -0.1) is 24.0 Å². The van der Waals surface area contributed by atoms with Gasteiger partial charge < -0.3 is 10.2 Å². The van der Waals surface area contributed by atoms with Gasteiger partial charge in [0.25, 0.3) is 0 Å². The Kier molecular flexibility index (Phi) is 7.95. The van der Waals surface area contributed by atoms with E-state index < -0.39 is 11.9 Å². The number of hydrogen-bond donors (Lipinski definition) is 1.